The number of carboxylic acids is 1. The lowest BCUT2D eigenvalue weighted by Crippen LogP contribution is -2.50. The first kappa shape index (κ1) is 16.2. The molecule has 0 bridgehead atoms. The van der Waals surface area contributed by atoms with Gasteiger partial charge in [0.1, 0.15) is 18.5 Å². The molecule has 3 N–H and O–H groups in total. The molecule has 0 spiro atoms. The molecule has 9 heteroatoms. The van der Waals surface area contributed by atoms with Gasteiger partial charge in [-0.2, -0.15) is 13.2 Å². The summed E-state index contributed by atoms with van der Waals surface area (Å²) < 4.78 is 35.2. The fourth-order valence-corrected chi connectivity index (χ4v) is 0.853. The number of halogens is 3. The number of amides is 2. The van der Waals surface area contributed by atoms with Crippen molar-refractivity contribution in [3.05, 3.63) is 0 Å². The second kappa shape index (κ2) is 5.69. The summed E-state index contributed by atoms with van der Waals surface area (Å²) in [6.07, 6.45) is -5.43. The molecule has 0 saturated carbocycles. The maximum Gasteiger partial charge on any atom is 0.405 e. The maximum atomic E-state index is 11.7. The van der Waals surface area contributed by atoms with Crippen LogP contribution in [0.2, 0.25) is 0 Å². The van der Waals surface area contributed by atoms with Gasteiger partial charge in [0.05, 0.1) is 0 Å². The Morgan fingerprint density at radius 2 is 1.61 bits per heavy atom. The number of carbonyl (C=O) groups is 3. The van der Waals surface area contributed by atoms with Crippen LogP contribution in [0.3, 0.4) is 0 Å². The molecule has 0 aliphatic carbocycles. The minimum absolute atomic E-state index is 0.868. The highest BCUT2D eigenvalue weighted by Gasteiger charge is 2.31. The molecule has 104 valence electrons. The summed E-state index contributed by atoms with van der Waals surface area (Å²) in [7, 11) is 0. The van der Waals surface area contributed by atoms with Gasteiger partial charge in [0.2, 0.25) is 11.8 Å². The van der Waals surface area contributed by atoms with E-state index in [9.17, 15) is 27.6 Å². The van der Waals surface area contributed by atoms with Crippen molar-refractivity contribution in [3.8, 4) is 0 Å². The van der Waals surface area contributed by atoms with Gasteiger partial charge in [-0.1, -0.05) is 0 Å². The molecule has 0 atom stereocenters. The van der Waals surface area contributed by atoms with E-state index in [2.05, 4.69) is 0 Å². The average molecular weight is 270 g/mol. The summed E-state index contributed by atoms with van der Waals surface area (Å²) in [5, 5.41) is 12.2. The van der Waals surface area contributed by atoms with Crippen LogP contribution in [0.1, 0.15) is 20.3 Å². The summed E-state index contributed by atoms with van der Waals surface area (Å²) in [5.41, 5.74) is -1.60. The summed E-state index contributed by atoms with van der Waals surface area (Å²) in [4.78, 5) is 32.8. The van der Waals surface area contributed by atoms with Gasteiger partial charge in [-0.15, -0.1) is 0 Å². The van der Waals surface area contributed by atoms with Crippen molar-refractivity contribution in [2.24, 2.45) is 0 Å². The lowest BCUT2D eigenvalue weighted by Gasteiger charge is -2.20. The Kier molecular flexibility index (Phi) is 5.12. The fraction of sp³-hybridized carbons (Fsp3) is 0.667. The minimum atomic E-state index is -4.56. The molecule has 6 nitrogen and oxygen atoms in total. The first-order valence-electron chi connectivity index (χ1n) is 4.82. The highest BCUT2D eigenvalue weighted by Crippen LogP contribution is 2.12. The van der Waals surface area contributed by atoms with E-state index in [0.717, 1.165) is 0 Å². The van der Waals surface area contributed by atoms with Gasteiger partial charge in [0.25, 0.3) is 0 Å². The molecule has 0 rings (SSSR count). The van der Waals surface area contributed by atoms with Gasteiger partial charge in [0.15, 0.2) is 0 Å². The maximum absolute atomic E-state index is 11.7. The Bertz CT molecular complexity index is 352. The number of nitrogens with one attached hydrogen (secondary N) is 2. The zero-order valence-corrected chi connectivity index (χ0v) is 9.72. The van der Waals surface area contributed by atoms with Gasteiger partial charge in [-0.25, -0.2) is 4.79 Å². The van der Waals surface area contributed by atoms with Crippen molar-refractivity contribution in [1.82, 2.24) is 10.6 Å². The number of alkyl halides is 3. The number of carbonyl (C=O) groups excluding carboxylic acids is 2. The minimum Gasteiger partial charge on any atom is -0.480 e. The Labute approximate surface area is 101 Å². The number of rotatable bonds is 5. The molecule has 2 amide bonds. The van der Waals surface area contributed by atoms with E-state index in [1.54, 1.807) is 0 Å². The predicted molar refractivity (Wildman–Crippen MR) is 53.5 cm³/mol. The molecule has 0 aromatic heterocycles. The molecule has 18 heavy (non-hydrogen) atoms. The van der Waals surface area contributed by atoms with E-state index in [-0.39, 0.29) is 0 Å². The Balaban J connectivity index is 4.18. The van der Waals surface area contributed by atoms with E-state index in [4.69, 9.17) is 5.11 Å². The SMILES string of the molecule is CC(C)(NC(=O)CC(=O)NCC(F)(F)F)C(=O)O. The summed E-state index contributed by atoms with van der Waals surface area (Å²) in [6, 6.07) is 0. The molecule has 0 saturated heterocycles. The van der Waals surface area contributed by atoms with Crippen LogP contribution in [0.4, 0.5) is 13.2 Å². The van der Waals surface area contributed by atoms with Crippen LogP contribution in [0, 0.1) is 0 Å². The Hall–Kier alpha value is -1.80. The third kappa shape index (κ3) is 6.71. The number of hydrogen-bond acceptors (Lipinski definition) is 3. The first-order chi connectivity index (χ1) is 7.94. The molecule has 0 aromatic rings. The zero-order valence-electron chi connectivity index (χ0n) is 9.72. The molecular weight excluding hydrogens is 257 g/mol. The topological polar surface area (TPSA) is 95.5 Å². The normalized spacial score (nSPS) is 11.8. The second-order valence-electron chi connectivity index (χ2n) is 4.05. The summed E-state index contributed by atoms with van der Waals surface area (Å²) in [6.45, 7) is 0.823. The quantitative estimate of drug-likeness (QED) is 0.614. The molecule has 0 aliphatic rings. The van der Waals surface area contributed by atoms with Gasteiger partial charge < -0.3 is 15.7 Å². The summed E-state index contributed by atoms with van der Waals surface area (Å²) in [5.74, 6) is -3.43. The Morgan fingerprint density at radius 1 is 1.11 bits per heavy atom. The number of carboxylic acid groups (broad SMARTS) is 1. The van der Waals surface area contributed by atoms with Crippen LogP contribution in [-0.2, 0) is 14.4 Å². The monoisotopic (exact) mass is 270 g/mol. The molecule has 0 fully saturated rings. The molecule has 0 unspecified atom stereocenters. The third-order valence-electron chi connectivity index (χ3n) is 1.79. The van der Waals surface area contributed by atoms with Crippen LogP contribution in [-0.4, -0.2) is 41.2 Å². The number of aliphatic carboxylic acids is 1. The lowest BCUT2D eigenvalue weighted by molar-refractivity contribution is -0.147. The van der Waals surface area contributed by atoms with Gasteiger partial charge in [-0.3, -0.25) is 9.59 Å². The van der Waals surface area contributed by atoms with Crippen molar-refractivity contribution >= 4 is 17.8 Å². The number of hydrogen-bond donors (Lipinski definition) is 3. The van der Waals surface area contributed by atoms with E-state index in [0.29, 0.717) is 0 Å². The fourth-order valence-electron chi connectivity index (χ4n) is 0.853. The molecule has 0 aliphatic heterocycles. The summed E-state index contributed by atoms with van der Waals surface area (Å²) >= 11 is 0. The van der Waals surface area contributed by atoms with Crippen LogP contribution in [0.25, 0.3) is 0 Å². The van der Waals surface area contributed by atoms with Crippen molar-refractivity contribution < 1.29 is 32.7 Å². The smallest absolute Gasteiger partial charge is 0.405 e. The predicted octanol–water partition coefficient (Wildman–Crippen LogP) is 0.0344. The first-order valence-corrected chi connectivity index (χ1v) is 4.82. The van der Waals surface area contributed by atoms with Gasteiger partial charge in [0, 0.05) is 0 Å². The highest BCUT2D eigenvalue weighted by molar-refractivity contribution is 5.98. The van der Waals surface area contributed by atoms with Gasteiger partial charge in [-0.05, 0) is 13.8 Å². The standard InChI is InChI=1S/C9H13F3N2O4/c1-8(2,7(17)18)14-6(16)3-5(15)13-4-9(10,11)12/h3-4H2,1-2H3,(H,13,15)(H,14,16)(H,17,18). The van der Waals surface area contributed by atoms with Gasteiger partial charge >= 0.3 is 12.1 Å². The second-order valence-corrected chi connectivity index (χ2v) is 4.05. The van der Waals surface area contributed by atoms with Crippen molar-refractivity contribution in [2.75, 3.05) is 6.54 Å². The van der Waals surface area contributed by atoms with E-state index >= 15 is 0 Å². The van der Waals surface area contributed by atoms with Crippen LogP contribution >= 0.6 is 0 Å². The molecule has 0 aromatic carbocycles. The lowest BCUT2D eigenvalue weighted by atomic mass is 10.1. The third-order valence-corrected chi connectivity index (χ3v) is 1.79. The van der Waals surface area contributed by atoms with Crippen LogP contribution in [0.5, 0.6) is 0 Å². The van der Waals surface area contributed by atoms with E-state index in [1.807, 2.05) is 5.32 Å². The highest BCUT2D eigenvalue weighted by atomic mass is 19.4. The zero-order chi connectivity index (χ0) is 14.6. The van der Waals surface area contributed by atoms with Crippen LogP contribution in [0.15, 0.2) is 0 Å². The Morgan fingerprint density at radius 3 is 2.00 bits per heavy atom. The van der Waals surface area contributed by atoms with Crippen molar-refractivity contribution in [2.45, 2.75) is 32.0 Å². The molecule has 0 radical (unpaired) electrons. The van der Waals surface area contributed by atoms with Crippen LogP contribution < -0.4 is 10.6 Å². The van der Waals surface area contributed by atoms with E-state index < -0.39 is 42.5 Å². The average Bonchev–Trinajstić information content (AvgIpc) is 2.12. The van der Waals surface area contributed by atoms with Crippen molar-refractivity contribution in [3.63, 3.8) is 0 Å². The largest absolute Gasteiger partial charge is 0.480 e. The van der Waals surface area contributed by atoms with Crippen molar-refractivity contribution in [1.29, 1.82) is 0 Å². The van der Waals surface area contributed by atoms with E-state index in [1.165, 1.54) is 19.2 Å². The molecule has 0 heterocycles. The molecular formula is C9H13F3N2O4.